The summed E-state index contributed by atoms with van der Waals surface area (Å²) in [6.07, 6.45) is 5.12. The Morgan fingerprint density at radius 1 is 1.29 bits per heavy atom. The van der Waals surface area contributed by atoms with Gasteiger partial charge in [-0.3, -0.25) is 4.79 Å². The van der Waals surface area contributed by atoms with Crippen LogP contribution in [0.3, 0.4) is 0 Å². The molecule has 0 aromatic rings. The van der Waals surface area contributed by atoms with E-state index in [4.69, 9.17) is 4.74 Å². The standard InChI is InChI=1S/C13H27NO3/c1-3-8-12(15)11-14-10-7-5-6-9-13(16)17-4-2/h12,14-15H,3-11H2,1-2H3. The van der Waals surface area contributed by atoms with Crippen molar-refractivity contribution in [2.75, 3.05) is 19.7 Å². The number of rotatable bonds is 11. The van der Waals surface area contributed by atoms with Gasteiger partial charge in [-0.05, 0) is 32.7 Å². The van der Waals surface area contributed by atoms with Gasteiger partial charge >= 0.3 is 5.97 Å². The minimum absolute atomic E-state index is 0.0983. The van der Waals surface area contributed by atoms with Gasteiger partial charge < -0.3 is 15.2 Å². The van der Waals surface area contributed by atoms with Crippen LogP contribution in [0.4, 0.5) is 0 Å². The fourth-order valence-corrected chi connectivity index (χ4v) is 1.63. The van der Waals surface area contributed by atoms with Crippen molar-refractivity contribution >= 4 is 5.97 Å². The van der Waals surface area contributed by atoms with Crippen molar-refractivity contribution in [2.24, 2.45) is 0 Å². The Morgan fingerprint density at radius 3 is 2.71 bits per heavy atom. The number of hydrogen-bond donors (Lipinski definition) is 2. The summed E-state index contributed by atoms with van der Waals surface area (Å²) in [5.41, 5.74) is 0. The van der Waals surface area contributed by atoms with Crippen molar-refractivity contribution < 1.29 is 14.6 Å². The fourth-order valence-electron chi connectivity index (χ4n) is 1.63. The molecule has 0 bridgehead atoms. The predicted molar refractivity (Wildman–Crippen MR) is 68.9 cm³/mol. The van der Waals surface area contributed by atoms with Crippen LogP contribution in [-0.2, 0) is 9.53 Å². The van der Waals surface area contributed by atoms with Gasteiger partial charge in [-0.2, -0.15) is 0 Å². The summed E-state index contributed by atoms with van der Waals surface area (Å²) in [5.74, 6) is -0.0983. The van der Waals surface area contributed by atoms with E-state index in [-0.39, 0.29) is 12.1 Å². The van der Waals surface area contributed by atoms with E-state index in [0.29, 0.717) is 19.6 Å². The summed E-state index contributed by atoms with van der Waals surface area (Å²) in [6.45, 7) is 5.94. The number of esters is 1. The molecule has 0 aliphatic heterocycles. The first-order chi connectivity index (χ1) is 8.20. The molecule has 4 heteroatoms. The maximum atomic E-state index is 11.0. The van der Waals surface area contributed by atoms with Gasteiger partial charge in [-0.15, -0.1) is 0 Å². The summed E-state index contributed by atoms with van der Waals surface area (Å²) in [6, 6.07) is 0. The Labute approximate surface area is 105 Å². The largest absolute Gasteiger partial charge is 0.466 e. The minimum atomic E-state index is -0.223. The second kappa shape index (κ2) is 11.9. The van der Waals surface area contributed by atoms with Crippen LogP contribution >= 0.6 is 0 Å². The minimum Gasteiger partial charge on any atom is -0.466 e. The first kappa shape index (κ1) is 16.4. The van der Waals surface area contributed by atoms with Gasteiger partial charge in [-0.1, -0.05) is 19.8 Å². The Balaban J connectivity index is 3.16. The van der Waals surface area contributed by atoms with Crippen LogP contribution in [0.25, 0.3) is 0 Å². The third kappa shape index (κ3) is 11.6. The van der Waals surface area contributed by atoms with E-state index in [1.54, 1.807) is 0 Å². The lowest BCUT2D eigenvalue weighted by molar-refractivity contribution is -0.143. The summed E-state index contributed by atoms with van der Waals surface area (Å²) in [4.78, 5) is 11.0. The second-order valence-electron chi connectivity index (χ2n) is 4.26. The van der Waals surface area contributed by atoms with Crippen molar-refractivity contribution in [3.05, 3.63) is 0 Å². The molecule has 0 aliphatic rings. The highest BCUT2D eigenvalue weighted by atomic mass is 16.5. The van der Waals surface area contributed by atoms with Crippen LogP contribution in [0.15, 0.2) is 0 Å². The lowest BCUT2D eigenvalue weighted by atomic mass is 10.2. The third-order valence-electron chi connectivity index (χ3n) is 2.54. The monoisotopic (exact) mass is 245 g/mol. The summed E-state index contributed by atoms with van der Waals surface area (Å²) < 4.78 is 4.84. The summed E-state index contributed by atoms with van der Waals surface area (Å²) in [7, 11) is 0. The molecule has 0 rings (SSSR count). The molecule has 0 fully saturated rings. The number of carbonyl (C=O) groups excluding carboxylic acids is 1. The lowest BCUT2D eigenvalue weighted by Gasteiger charge is -2.10. The molecule has 2 N–H and O–H groups in total. The zero-order valence-electron chi connectivity index (χ0n) is 11.2. The van der Waals surface area contributed by atoms with Gasteiger partial charge in [0.1, 0.15) is 0 Å². The van der Waals surface area contributed by atoms with Crippen LogP contribution in [0, 0.1) is 0 Å². The van der Waals surface area contributed by atoms with Crippen LogP contribution in [0.1, 0.15) is 52.4 Å². The average molecular weight is 245 g/mol. The molecule has 0 amide bonds. The van der Waals surface area contributed by atoms with Gasteiger partial charge in [0.15, 0.2) is 0 Å². The Morgan fingerprint density at radius 2 is 2.06 bits per heavy atom. The van der Waals surface area contributed by atoms with E-state index < -0.39 is 0 Å². The van der Waals surface area contributed by atoms with Gasteiger partial charge in [0, 0.05) is 13.0 Å². The molecule has 0 saturated heterocycles. The van der Waals surface area contributed by atoms with Crippen LogP contribution in [-0.4, -0.2) is 36.9 Å². The number of carbonyl (C=O) groups is 1. The smallest absolute Gasteiger partial charge is 0.305 e. The predicted octanol–water partition coefficient (Wildman–Crippen LogP) is 1.86. The molecule has 0 radical (unpaired) electrons. The molecule has 0 saturated carbocycles. The van der Waals surface area contributed by atoms with E-state index >= 15 is 0 Å². The molecular weight excluding hydrogens is 218 g/mol. The second-order valence-corrected chi connectivity index (χ2v) is 4.26. The van der Waals surface area contributed by atoms with Crippen LogP contribution < -0.4 is 5.32 Å². The first-order valence-electron chi connectivity index (χ1n) is 6.75. The maximum Gasteiger partial charge on any atom is 0.305 e. The van der Waals surface area contributed by atoms with E-state index in [0.717, 1.165) is 38.6 Å². The molecule has 0 spiro atoms. The normalized spacial score (nSPS) is 12.4. The SMILES string of the molecule is CCCC(O)CNCCCCCC(=O)OCC. The van der Waals surface area contributed by atoms with Crippen molar-refractivity contribution in [1.29, 1.82) is 0 Å². The first-order valence-corrected chi connectivity index (χ1v) is 6.75. The molecule has 4 nitrogen and oxygen atoms in total. The van der Waals surface area contributed by atoms with Gasteiger partial charge in [0.05, 0.1) is 12.7 Å². The van der Waals surface area contributed by atoms with Crippen molar-refractivity contribution in [3.8, 4) is 0 Å². The van der Waals surface area contributed by atoms with E-state index in [9.17, 15) is 9.90 Å². The Bertz CT molecular complexity index is 186. The summed E-state index contributed by atoms with van der Waals surface area (Å²) >= 11 is 0. The topological polar surface area (TPSA) is 58.6 Å². The van der Waals surface area contributed by atoms with Gasteiger partial charge in [0.25, 0.3) is 0 Å². The molecule has 1 unspecified atom stereocenters. The fraction of sp³-hybridized carbons (Fsp3) is 0.923. The zero-order valence-corrected chi connectivity index (χ0v) is 11.2. The van der Waals surface area contributed by atoms with E-state index in [1.807, 2.05) is 6.92 Å². The quantitative estimate of drug-likeness (QED) is 0.431. The Hall–Kier alpha value is -0.610. The number of aliphatic hydroxyl groups is 1. The average Bonchev–Trinajstić information content (AvgIpc) is 2.28. The third-order valence-corrected chi connectivity index (χ3v) is 2.54. The zero-order chi connectivity index (χ0) is 12.9. The van der Waals surface area contributed by atoms with E-state index in [2.05, 4.69) is 12.2 Å². The summed E-state index contributed by atoms with van der Waals surface area (Å²) in [5, 5.41) is 12.7. The number of ether oxygens (including phenoxy) is 1. The van der Waals surface area contributed by atoms with E-state index in [1.165, 1.54) is 0 Å². The maximum absolute atomic E-state index is 11.0. The highest BCUT2D eigenvalue weighted by molar-refractivity contribution is 5.69. The number of aliphatic hydroxyl groups excluding tert-OH is 1. The lowest BCUT2D eigenvalue weighted by Crippen LogP contribution is -2.27. The molecule has 0 aromatic carbocycles. The molecule has 17 heavy (non-hydrogen) atoms. The highest BCUT2D eigenvalue weighted by Gasteiger charge is 2.02. The number of hydrogen-bond acceptors (Lipinski definition) is 4. The number of nitrogens with one attached hydrogen (secondary N) is 1. The molecule has 102 valence electrons. The van der Waals surface area contributed by atoms with Crippen LogP contribution in [0.5, 0.6) is 0 Å². The molecular formula is C13H27NO3. The van der Waals surface area contributed by atoms with Crippen molar-refractivity contribution in [1.82, 2.24) is 5.32 Å². The van der Waals surface area contributed by atoms with Crippen molar-refractivity contribution in [2.45, 2.75) is 58.5 Å². The number of unbranched alkanes of at least 4 members (excludes halogenated alkanes) is 2. The van der Waals surface area contributed by atoms with Gasteiger partial charge in [-0.25, -0.2) is 0 Å². The van der Waals surface area contributed by atoms with Crippen LogP contribution in [0.2, 0.25) is 0 Å². The van der Waals surface area contributed by atoms with Crippen molar-refractivity contribution in [3.63, 3.8) is 0 Å². The molecule has 0 aromatic heterocycles. The Kier molecular flexibility index (Phi) is 11.4. The molecule has 0 heterocycles. The highest BCUT2D eigenvalue weighted by Crippen LogP contribution is 2.01. The van der Waals surface area contributed by atoms with Gasteiger partial charge in [0.2, 0.25) is 0 Å². The molecule has 0 aliphatic carbocycles. The molecule has 1 atom stereocenters.